The number of para-hydroxylation sites is 2. The molecule has 1 aromatic heterocycles. The molecule has 0 atom stereocenters. The maximum Gasteiger partial charge on any atom is 0.121 e. The van der Waals surface area contributed by atoms with E-state index in [-0.39, 0.29) is 0 Å². The van der Waals surface area contributed by atoms with Gasteiger partial charge in [-0.3, -0.25) is 0 Å². The second-order valence-corrected chi connectivity index (χ2v) is 4.28. The molecule has 0 aliphatic rings. The smallest absolute Gasteiger partial charge is 0.121 e. The average Bonchev–Trinajstić information content (AvgIpc) is 2.67. The molecule has 0 aliphatic heterocycles. The van der Waals surface area contributed by atoms with Crippen LogP contribution in [0.3, 0.4) is 0 Å². The number of rotatable bonds is 3. The molecule has 0 unspecified atom stereocenters. The van der Waals surface area contributed by atoms with Crippen molar-refractivity contribution in [3.8, 4) is 11.8 Å². The monoisotopic (exact) mass is 246 g/mol. The third kappa shape index (κ3) is 2.81. The molecule has 0 spiro atoms. The summed E-state index contributed by atoms with van der Waals surface area (Å²) in [6.07, 6.45) is 2.53. The Hall–Kier alpha value is -1.46. The topological polar surface area (TPSA) is 17.8 Å². The minimum atomic E-state index is 0.682. The van der Waals surface area contributed by atoms with E-state index >= 15 is 0 Å². The summed E-state index contributed by atoms with van der Waals surface area (Å²) in [4.78, 5) is 4.56. The highest BCUT2D eigenvalue weighted by Crippen LogP contribution is 2.14. The van der Waals surface area contributed by atoms with Crippen molar-refractivity contribution in [1.82, 2.24) is 9.55 Å². The summed E-state index contributed by atoms with van der Waals surface area (Å²) in [6.45, 7) is 0. The first kappa shape index (κ1) is 12.0. The van der Waals surface area contributed by atoms with Crippen LogP contribution in [0.4, 0.5) is 0 Å². The molecule has 0 radical (unpaired) electrons. The number of fused-ring (bicyclic) bond motifs is 1. The number of hydrogen-bond donors (Lipinski definition) is 0. The second kappa shape index (κ2) is 5.75. The number of halogens is 1. The van der Waals surface area contributed by atoms with Crippen LogP contribution >= 0.6 is 11.6 Å². The quantitative estimate of drug-likeness (QED) is 0.462. The Bertz CT molecular complexity index is 560. The van der Waals surface area contributed by atoms with E-state index < -0.39 is 0 Å². The van der Waals surface area contributed by atoms with E-state index in [0.717, 1.165) is 29.7 Å². The number of alkyl halides is 1. The predicted octanol–water partition coefficient (Wildman–Crippen LogP) is 3.14. The fraction of sp³-hybridized carbons (Fsp3) is 0.357. The molecular weight excluding hydrogens is 232 g/mol. The molecule has 17 heavy (non-hydrogen) atoms. The molecule has 0 saturated carbocycles. The lowest BCUT2D eigenvalue weighted by Crippen LogP contribution is -1.96. The molecule has 3 heteroatoms. The standard InChI is InChI=1S/C14H15ClN2/c1-17-13-9-6-5-8-12(13)16-14(17)10-4-2-3-7-11-15/h5-6,8-9H,3,7,10-11H2,1H3. The minimum Gasteiger partial charge on any atom is -0.330 e. The van der Waals surface area contributed by atoms with Crippen LogP contribution in [0, 0.1) is 11.8 Å². The summed E-state index contributed by atoms with van der Waals surface area (Å²) in [6, 6.07) is 8.14. The van der Waals surface area contributed by atoms with Gasteiger partial charge in [0.15, 0.2) is 0 Å². The first-order valence-electron chi connectivity index (χ1n) is 5.75. The van der Waals surface area contributed by atoms with Crippen LogP contribution in [0.25, 0.3) is 11.0 Å². The fourth-order valence-electron chi connectivity index (χ4n) is 1.74. The molecule has 0 saturated heterocycles. The van der Waals surface area contributed by atoms with Crippen molar-refractivity contribution in [3.05, 3.63) is 30.1 Å². The van der Waals surface area contributed by atoms with Crippen LogP contribution in [-0.2, 0) is 13.5 Å². The normalized spacial score (nSPS) is 10.2. The molecule has 2 aromatic rings. The van der Waals surface area contributed by atoms with E-state index in [1.165, 1.54) is 0 Å². The van der Waals surface area contributed by atoms with Crippen LogP contribution in [-0.4, -0.2) is 15.4 Å². The van der Waals surface area contributed by atoms with Gasteiger partial charge < -0.3 is 4.57 Å². The van der Waals surface area contributed by atoms with Gasteiger partial charge in [0.25, 0.3) is 0 Å². The van der Waals surface area contributed by atoms with Crippen LogP contribution in [0.5, 0.6) is 0 Å². The van der Waals surface area contributed by atoms with Gasteiger partial charge in [0.1, 0.15) is 5.82 Å². The number of imidazole rings is 1. The first-order valence-corrected chi connectivity index (χ1v) is 6.28. The number of benzene rings is 1. The van der Waals surface area contributed by atoms with E-state index in [4.69, 9.17) is 11.6 Å². The Kier molecular flexibility index (Phi) is 4.06. The van der Waals surface area contributed by atoms with E-state index in [1.807, 2.05) is 25.2 Å². The molecule has 2 rings (SSSR count). The van der Waals surface area contributed by atoms with Crippen LogP contribution in [0.1, 0.15) is 18.7 Å². The third-order valence-corrected chi connectivity index (χ3v) is 2.95. The molecule has 0 N–H and O–H groups in total. The molecule has 88 valence electrons. The Morgan fingerprint density at radius 3 is 2.88 bits per heavy atom. The highest BCUT2D eigenvalue weighted by Gasteiger charge is 2.04. The lowest BCUT2D eigenvalue weighted by molar-refractivity contribution is 0.860. The van der Waals surface area contributed by atoms with E-state index in [1.54, 1.807) is 0 Å². The van der Waals surface area contributed by atoms with Crippen molar-refractivity contribution in [1.29, 1.82) is 0 Å². The van der Waals surface area contributed by atoms with Crippen molar-refractivity contribution in [2.24, 2.45) is 7.05 Å². The van der Waals surface area contributed by atoms with Crippen LogP contribution in [0.15, 0.2) is 24.3 Å². The van der Waals surface area contributed by atoms with Crippen molar-refractivity contribution >= 4 is 22.6 Å². The Morgan fingerprint density at radius 2 is 2.12 bits per heavy atom. The summed E-state index contributed by atoms with van der Waals surface area (Å²) in [5.41, 5.74) is 2.19. The van der Waals surface area contributed by atoms with Gasteiger partial charge in [-0.1, -0.05) is 18.1 Å². The van der Waals surface area contributed by atoms with Gasteiger partial charge in [-0.15, -0.1) is 17.5 Å². The van der Waals surface area contributed by atoms with Gasteiger partial charge in [0, 0.05) is 19.3 Å². The molecule has 0 bridgehead atoms. The zero-order valence-electron chi connectivity index (χ0n) is 9.91. The molecule has 1 aromatic carbocycles. The minimum absolute atomic E-state index is 0.682. The van der Waals surface area contributed by atoms with E-state index in [9.17, 15) is 0 Å². The van der Waals surface area contributed by atoms with Gasteiger partial charge >= 0.3 is 0 Å². The molecule has 1 heterocycles. The van der Waals surface area contributed by atoms with E-state index in [0.29, 0.717) is 12.3 Å². The summed E-state index contributed by atoms with van der Waals surface area (Å²) in [5, 5.41) is 0. The number of aryl methyl sites for hydroxylation is 1. The molecule has 0 amide bonds. The zero-order valence-corrected chi connectivity index (χ0v) is 10.7. The van der Waals surface area contributed by atoms with Crippen molar-refractivity contribution in [2.75, 3.05) is 5.88 Å². The third-order valence-electron chi connectivity index (χ3n) is 2.69. The molecular formula is C14H15ClN2. The van der Waals surface area contributed by atoms with Crippen molar-refractivity contribution in [3.63, 3.8) is 0 Å². The highest BCUT2D eigenvalue weighted by molar-refractivity contribution is 6.17. The highest BCUT2D eigenvalue weighted by atomic mass is 35.5. The lowest BCUT2D eigenvalue weighted by atomic mass is 10.3. The van der Waals surface area contributed by atoms with Gasteiger partial charge in [-0.2, -0.15) is 0 Å². The summed E-state index contributed by atoms with van der Waals surface area (Å²) in [7, 11) is 2.03. The average molecular weight is 247 g/mol. The number of hydrogen-bond acceptors (Lipinski definition) is 1. The summed E-state index contributed by atoms with van der Waals surface area (Å²) < 4.78 is 2.10. The van der Waals surface area contributed by atoms with Crippen molar-refractivity contribution < 1.29 is 0 Å². The van der Waals surface area contributed by atoms with Gasteiger partial charge in [0.05, 0.1) is 17.5 Å². The van der Waals surface area contributed by atoms with Crippen molar-refractivity contribution in [2.45, 2.75) is 19.3 Å². The van der Waals surface area contributed by atoms with Gasteiger partial charge in [0.2, 0.25) is 0 Å². The Balaban J connectivity index is 2.13. The van der Waals surface area contributed by atoms with Crippen LogP contribution < -0.4 is 0 Å². The lowest BCUT2D eigenvalue weighted by Gasteiger charge is -1.96. The molecule has 2 nitrogen and oxygen atoms in total. The second-order valence-electron chi connectivity index (χ2n) is 3.90. The van der Waals surface area contributed by atoms with E-state index in [2.05, 4.69) is 27.5 Å². The number of unbranched alkanes of at least 4 members (excludes halogenated alkanes) is 1. The van der Waals surface area contributed by atoms with Gasteiger partial charge in [-0.05, 0) is 18.6 Å². The SMILES string of the molecule is Cn1c(CC#CCCCCl)nc2ccccc21. The molecule has 0 aliphatic carbocycles. The molecule has 0 fully saturated rings. The number of aromatic nitrogens is 2. The largest absolute Gasteiger partial charge is 0.330 e. The van der Waals surface area contributed by atoms with Gasteiger partial charge in [-0.25, -0.2) is 4.98 Å². The first-order chi connectivity index (χ1) is 8.33. The maximum absolute atomic E-state index is 5.59. The Labute approximate surface area is 107 Å². The predicted molar refractivity (Wildman–Crippen MR) is 72.1 cm³/mol. The summed E-state index contributed by atoms with van der Waals surface area (Å²) in [5.74, 6) is 7.96. The zero-order chi connectivity index (χ0) is 12.1. The number of nitrogens with zero attached hydrogens (tertiary/aromatic N) is 2. The fourth-order valence-corrected chi connectivity index (χ4v) is 1.87. The van der Waals surface area contributed by atoms with Crippen LogP contribution in [0.2, 0.25) is 0 Å². The Morgan fingerprint density at radius 1 is 1.29 bits per heavy atom. The summed E-state index contributed by atoms with van der Waals surface area (Å²) >= 11 is 5.59. The maximum atomic E-state index is 5.59.